The lowest BCUT2D eigenvalue weighted by Gasteiger charge is -2.16. The van der Waals surface area contributed by atoms with Gasteiger partial charge in [-0.2, -0.15) is 0 Å². The number of hydrogen-bond acceptors (Lipinski definition) is 2. The van der Waals surface area contributed by atoms with Crippen LogP contribution in [-0.2, 0) is 6.42 Å². The highest BCUT2D eigenvalue weighted by molar-refractivity contribution is 9.11. The average molecular weight is 345 g/mol. The normalized spacial score (nSPS) is 12.6. The quantitative estimate of drug-likeness (QED) is 0.828. The van der Waals surface area contributed by atoms with E-state index in [4.69, 9.17) is 11.6 Å². The van der Waals surface area contributed by atoms with Crippen LogP contribution in [0.5, 0.6) is 0 Å². The summed E-state index contributed by atoms with van der Waals surface area (Å²) in [5, 5.41) is 4.07. The van der Waals surface area contributed by atoms with E-state index in [1.807, 2.05) is 19.2 Å². The van der Waals surface area contributed by atoms with Crippen molar-refractivity contribution in [3.05, 3.63) is 55.6 Å². The Balaban J connectivity index is 2.17. The van der Waals surface area contributed by atoms with Crippen molar-refractivity contribution in [1.82, 2.24) is 5.32 Å². The van der Waals surface area contributed by atoms with Gasteiger partial charge in [-0.05, 0) is 59.2 Å². The highest BCUT2D eigenvalue weighted by atomic mass is 79.9. The molecule has 4 heteroatoms. The van der Waals surface area contributed by atoms with E-state index in [9.17, 15) is 0 Å². The van der Waals surface area contributed by atoms with E-state index >= 15 is 0 Å². The summed E-state index contributed by atoms with van der Waals surface area (Å²) in [6.45, 7) is 0.954. The molecule has 1 aromatic carbocycles. The van der Waals surface area contributed by atoms with Crippen molar-refractivity contribution in [1.29, 1.82) is 0 Å². The molecule has 1 unspecified atom stereocenters. The fraction of sp³-hybridized carbons (Fsp3) is 0.286. The van der Waals surface area contributed by atoms with Gasteiger partial charge in [0.2, 0.25) is 0 Å². The number of thiophene rings is 1. The number of hydrogen-bond donors (Lipinski definition) is 1. The molecule has 1 aromatic heterocycles. The van der Waals surface area contributed by atoms with Crippen molar-refractivity contribution in [3.63, 3.8) is 0 Å². The summed E-state index contributed by atoms with van der Waals surface area (Å²) in [4.78, 5) is 1.39. The predicted molar refractivity (Wildman–Crippen MR) is 83.8 cm³/mol. The minimum atomic E-state index is 0.458. The third-order valence-corrected chi connectivity index (χ3v) is 4.73. The summed E-state index contributed by atoms with van der Waals surface area (Å²) in [6, 6.07) is 12.4. The zero-order valence-electron chi connectivity index (χ0n) is 10.1. The van der Waals surface area contributed by atoms with Crippen LogP contribution in [-0.4, -0.2) is 13.6 Å². The molecule has 18 heavy (non-hydrogen) atoms. The fourth-order valence-corrected chi connectivity index (χ4v) is 3.78. The first-order valence-corrected chi connectivity index (χ1v) is 7.82. The lowest BCUT2D eigenvalue weighted by atomic mass is 9.95. The van der Waals surface area contributed by atoms with Gasteiger partial charge in [0.15, 0.2) is 0 Å². The number of rotatable bonds is 5. The standard InChI is InChI=1S/C14H15BrClNS/c1-17-9-11(8-13-5-6-14(15)18-13)10-3-2-4-12(16)7-10/h2-7,11,17H,8-9H2,1H3. The van der Waals surface area contributed by atoms with Crippen molar-refractivity contribution < 1.29 is 0 Å². The summed E-state index contributed by atoms with van der Waals surface area (Å²) in [7, 11) is 1.99. The molecule has 1 heterocycles. The Hall–Kier alpha value is -0.350. The van der Waals surface area contributed by atoms with Gasteiger partial charge < -0.3 is 5.32 Å². The van der Waals surface area contributed by atoms with Crippen LogP contribution in [0.25, 0.3) is 0 Å². The monoisotopic (exact) mass is 343 g/mol. The SMILES string of the molecule is CNCC(Cc1ccc(Br)s1)c1cccc(Cl)c1. The largest absolute Gasteiger partial charge is 0.319 e. The number of halogens is 2. The Kier molecular flexibility index (Phi) is 5.25. The maximum absolute atomic E-state index is 6.07. The van der Waals surface area contributed by atoms with Crippen LogP contribution in [0.2, 0.25) is 5.02 Å². The van der Waals surface area contributed by atoms with E-state index in [1.54, 1.807) is 11.3 Å². The van der Waals surface area contributed by atoms with Crippen LogP contribution < -0.4 is 5.32 Å². The second kappa shape index (κ2) is 6.71. The first-order chi connectivity index (χ1) is 8.69. The van der Waals surface area contributed by atoms with Crippen molar-refractivity contribution >= 4 is 38.9 Å². The topological polar surface area (TPSA) is 12.0 Å². The Morgan fingerprint density at radius 1 is 1.33 bits per heavy atom. The van der Waals surface area contributed by atoms with Crippen LogP contribution in [0.3, 0.4) is 0 Å². The zero-order valence-corrected chi connectivity index (χ0v) is 13.3. The third kappa shape index (κ3) is 3.82. The molecule has 0 radical (unpaired) electrons. The molecule has 2 rings (SSSR count). The van der Waals surface area contributed by atoms with Crippen LogP contribution in [0.15, 0.2) is 40.2 Å². The summed E-state index contributed by atoms with van der Waals surface area (Å²) in [5.74, 6) is 0.458. The minimum absolute atomic E-state index is 0.458. The third-order valence-electron chi connectivity index (χ3n) is 2.85. The molecule has 0 saturated carbocycles. The molecule has 0 amide bonds. The Morgan fingerprint density at radius 3 is 2.78 bits per heavy atom. The Labute approximate surface area is 125 Å². The fourth-order valence-electron chi connectivity index (χ4n) is 2.02. The van der Waals surface area contributed by atoms with Gasteiger partial charge in [0, 0.05) is 22.4 Å². The second-order valence-electron chi connectivity index (χ2n) is 4.22. The molecule has 0 spiro atoms. The molecule has 0 aliphatic rings. The van der Waals surface area contributed by atoms with Crippen molar-refractivity contribution in [2.45, 2.75) is 12.3 Å². The Morgan fingerprint density at radius 2 is 2.17 bits per heavy atom. The van der Waals surface area contributed by atoms with E-state index in [-0.39, 0.29) is 0 Å². The molecular formula is C14H15BrClNS. The second-order valence-corrected chi connectivity index (χ2v) is 7.20. The molecule has 0 saturated heterocycles. The number of likely N-dealkylation sites (N-methyl/N-ethyl adjacent to an activating group) is 1. The zero-order chi connectivity index (χ0) is 13.0. The predicted octanol–water partition coefficient (Wildman–Crippen LogP) is 4.71. The van der Waals surface area contributed by atoms with Gasteiger partial charge in [0.05, 0.1) is 3.79 Å². The van der Waals surface area contributed by atoms with Gasteiger partial charge in [-0.1, -0.05) is 23.7 Å². The first kappa shape index (κ1) is 14.1. The van der Waals surface area contributed by atoms with Gasteiger partial charge in [0.25, 0.3) is 0 Å². The Bertz CT molecular complexity index is 512. The smallest absolute Gasteiger partial charge is 0.0701 e. The van der Waals surface area contributed by atoms with Gasteiger partial charge in [0.1, 0.15) is 0 Å². The minimum Gasteiger partial charge on any atom is -0.319 e. The van der Waals surface area contributed by atoms with E-state index in [2.05, 4.69) is 45.5 Å². The molecule has 1 N–H and O–H groups in total. The summed E-state index contributed by atoms with van der Waals surface area (Å²) in [6.07, 6.45) is 1.04. The highest BCUT2D eigenvalue weighted by Gasteiger charge is 2.13. The molecule has 96 valence electrons. The molecule has 0 bridgehead atoms. The van der Waals surface area contributed by atoms with Crippen molar-refractivity contribution in [3.8, 4) is 0 Å². The van der Waals surface area contributed by atoms with Crippen LogP contribution in [0, 0.1) is 0 Å². The van der Waals surface area contributed by atoms with Crippen molar-refractivity contribution in [2.75, 3.05) is 13.6 Å². The molecule has 1 nitrogen and oxygen atoms in total. The maximum Gasteiger partial charge on any atom is 0.0701 e. The van der Waals surface area contributed by atoms with Crippen LogP contribution in [0.1, 0.15) is 16.4 Å². The van der Waals surface area contributed by atoms with Crippen molar-refractivity contribution in [2.24, 2.45) is 0 Å². The molecule has 2 aromatic rings. The van der Waals surface area contributed by atoms with Crippen LogP contribution >= 0.6 is 38.9 Å². The van der Waals surface area contributed by atoms with Gasteiger partial charge in [-0.25, -0.2) is 0 Å². The van der Waals surface area contributed by atoms with Gasteiger partial charge >= 0.3 is 0 Å². The van der Waals surface area contributed by atoms with E-state index in [0.717, 1.165) is 18.0 Å². The van der Waals surface area contributed by atoms with Crippen LogP contribution in [0.4, 0.5) is 0 Å². The number of benzene rings is 1. The number of nitrogens with one attached hydrogen (secondary N) is 1. The van der Waals surface area contributed by atoms with E-state index in [1.165, 1.54) is 14.2 Å². The lowest BCUT2D eigenvalue weighted by molar-refractivity contribution is 0.630. The average Bonchev–Trinajstić information content (AvgIpc) is 2.74. The molecule has 0 aliphatic carbocycles. The van der Waals surface area contributed by atoms with Gasteiger partial charge in [-0.15, -0.1) is 11.3 Å². The van der Waals surface area contributed by atoms with E-state index in [0.29, 0.717) is 5.92 Å². The summed E-state index contributed by atoms with van der Waals surface area (Å²) >= 11 is 11.4. The molecule has 0 fully saturated rings. The lowest BCUT2D eigenvalue weighted by Crippen LogP contribution is -2.18. The molecule has 1 atom stereocenters. The van der Waals surface area contributed by atoms with E-state index < -0.39 is 0 Å². The summed E-state index contributed by atoms with van der Waals surface area (Å²) in [5.41, 5.74) is 1.29. The maximum atomic E-state index is 6.07. The summed E-state index contributed by atoms with van der Waals surface area (Å²) < 4.78 is 1.19. The highest BCUT2D eigenvalue weighted by Crippen LogP contribution is 2.28. The first-order valence-electron chi connectivity index (χ1n) is 5.83. The molecular weight excluding hydrogens is 330 g/mol. The molecule has 0 aliphatic heterocycles. The van der Waals surface area contributed by atoms with Gasteiger partial charge in [-0.3, -0.25) is 0 Å².